The predicted molar refractivity (Wildman–Crippen MR) is 60.8 cm³/mol. The van der Waals surface area contributed by atoms with Gasteiger partial charge >= 0.3 is 5.97 Å². The number of carboxylic acids is 1. The van der Waals surface area contributed by atoms with Gasteiger partial charge in [0.15, 0.2) is 0 Å². The standard InChI is InChI=1S/C12H22O3/c1-3-5-7-8-10(12(14)15)11(13)9-6-4-2/h8,11,13H,3-7,9H2,1-2H3,(H,14,15)/b10-8+. The first-order chi connectivity index (χ1) is 7.13. The Balaban J connectivity index is 4.24. The Morgan fingerprint density at radius 3 is 2.33 bits per heavy atom. The number of unbranched alkanes of at least 4 members (excludes halogenated alkanes) is 3. The van der Waals surface area contributed by atoms with E-state index >= 15 is 0 Å². The highest BCUT2D eigenvalue weighted by atomic mass is 16.4. The number of aliphatic hydroxyl groups is 1. The number of aliphatic hydroxyl groups excluding tert-OH is 1. The van der Waals surface area contributed by atoms with Crippen LogP contribution in [-0.2, 0) is 4.79 Å². The summed E-state index contributed by atoms with van der Waals surface area (Å²) >= 11 is 0. The SMILES string of the molecule is CCCC/C=C(/C(=O)O)C(O)CCCC. The van der Waals surface area contributed by atoms with Crippen molar-refractivity contribution in [2.45, 2.75) is 58.5 Å². The number of aliphatic carboxylic acids is 1. The topological polar surface area (TPSA) is 57.5 Å². The van der Waals surface area contributed by atoms with E-state index in [0.717, 1.165) is 32.1 Å². The molecule has 0 aliphatic carbocycles. The molecule has 1 unspecified atom stereocenters. The largest absolute Gasteiger partial charge is 0.478 e. The van der Waals surface area contributed by atoms with Gasteiger partial charge in [-0.15, -0.1) is 0 Å². The van der Waals surface area contributed by atoms with Gasteiger partial charge in [-0.3, -0.25) is 0 Å². The molecule has 0 saturated heterocycles. The molecule has 2 N–H and O–H groups in total. The van der Waals surface area contributed by atoms with E-state index in [1.165, 1.54) is 0 Å². The predicted octanol–water partition coefficient (Wildman–Crippen LogP) is 2.74. The zero-order valence-electron chi connectivity index (χ0n) is 9.70. The van der Waals surface area contributed by atoms with Gasteiger partial charge in [0.05, 0.1) is 11.7 Å². The number of allylic oxidation sites excluding steroid dienone is 1. The maximum atomic E-state index is 10.9. The first-order valence-electron chi connectivity index (χ1n) is 5.74. The molecule has 3 heteroatoms. The Bertz CT molecular complexity index is 209. The smallest absolute Gasteiger partial charge is 0.333 e. The van der Waals surface area contributed by atoms with Gasteiger partial charge in [0.1, 0.15) is 0 Å². The zero-order valence-corrected chi connectivity index (χ0v) is 9.70. The number of carbonyl (C=O) groups is 1. The molecule has 0 spiro atoms. The average Bonchev–Trinajstić information content (AvgIpc) is 2.20. The summed E-state index contributed by atoms with van der Waals surface area (Å²) in [7, 11) is 0. The fourth-order valence-corrected chi connectivity index (χ4v) is 1.38. The molecule has 15 heavy (non-hydrogen) atoms. The minimum absolute atomic E-state index is 0.164. The van der Waals surface area contributed by atoms with Crippen LogP contribution in [0, 0.1) is 0 Å². The molecule has 0 rings (SSSR count). The van der Waals surface area contributed by atoms with Gasteiger partial charge in [0, 0.05) is 0 Å². The van der Waals surface area contributed by atoms with Crippen LogP contribution in [-0.4, -0.2) is 22.3 Å². The van der Waals surface area contributed by atoms with Gasteiger partial charge in [-0.05, 0) is 12.8 Å². The van der Waals surface area contributed by atoms with E-state index in [1.54, 1.807) is 6.08 Å². The third-order valence-corrected chi connectivity index (χ3v) is 2.36. The van der Waals surface area contributed by atoms with Crippen molar-refractivity contribution in [3.63, 3.8) is 0 Å². The summed E-state index contributed by atoms with van der Waals surface area (Å²) in [4.78, 5) is 10.9. The third kappa shape index (κ3) is 6.28. The molecular weight excluding hydrogens is 192 g/mol. The summed E-state index contributed by atoms with van der Waals surface area (Å²) in [5.41, 5.74) is 0.164. The van der Waals surface area contributed by atoms with E-state index in [-0.39, 0.29) is 5.57 Å². The highest BCUT2D eigenvalue weighted by Gasteiger charge is 2.16. The second kappa shape index (κ2) is 8.48. The van der Waals surface area contributed by atoms with E-state index in [1.807, 2.05) is 6.92 Å². The molecule has 0 saturated carbocycles. The second-order valence-corrected chi connectivity index (χ2v) is 3.76. The van der Waals surface area contributed by atoms with E-state index in [4.69, 9.17) is 5.11 Å². The summed E-state index contributed by atoms with van der Waals surface area (Å²) in [5.74, 6) is -0.991. The van der Waals surface area contributed by atoms with Crippen molar-refractivity contribution in [1.82, 2.24) is 0 Å². The molecule has 0 amide bonds. The normalized spacial score (nSPS) is 13.9. The zero-order chi connectivity index (χ0) is 11.7. The molecule has 0 bridgehead atoms. The van der Waals surface area contributed by atoms with Gasteiger partial charge in [-0.1, -0.05) is 45.6 Å². The van der Waals surface area contributed by atoms with Crippen LogP contribution in [0.15, 0.2) is 11.6 Å². The van der Waals surface area contributed by atoms with Crippen molar-refractivity contribution in [3.05, 3.63) is 11.6 Å². The minimum atomic E-state index is -0.991. The number of hydrogen-bond donors (Lipinski definition) is 2. The number of carboxylic acid groups (broad SMARTS) is 1. The van der Waals surface area contributed by atoms with E-state index in [0.29, 0.717) is 6.42 Å². The van der Waals surface area contributed by atoms with Crippen LogP contribution in [0.3, 0.4) is 0 Å². The summed E-state index contributed by atoms with van der Waals surface area (Å²) in [6.07, 6.45) is 5.97. The number of hydrogen-bond acceptors (Lipinski definition) is 2. The Kier molecular flexibility index (Phi) is 8.01. The molecule has 0 aromatic heterocycles. The third-order valence-electron chi connectivity index (χ3n) is 2.36. The summed E-state index contributed by atoms with van der Waals surface area (Å²) < 4.78 is 0. The van der Waals surface area contributed by atoms with Gasteiger partial charge in [0.25, 0.3) is 0 Å². The highest BCUT2D eigenvalue weighted by molar-refractivity contribution is 5.87. The van der Waals surface area contributed by atoms with Crippen molar-refractivity contribution >= 4 is 5.97 Å². The van der Waals surface area contributed by atoms with Gasteiger partial charge < -0.3 is 10.2 Å². The molecular formula is C12H22O3. The average molecular weight is 214 g/mol. The molecule has 0 aromatic carbocycles. The lowest BCUT2D eigenvalue weighted by atomic mass is 10.0. The van der Waals surface area contributed by atoms with Crippen molar-refractivity contribution < 1.29 is 15.0 Å². The van der Waals surface area contributed by atoms with Crippen molar-refractivity contribution in [1.29, 1.82) is 0 Å². The molecule has 88 valence electrons. The Morgan fingerprint density at radius 1 is 1.27 bits per heavy atom. The first-order valence-corrected chi connectivity index (χ1v) is 5.74. The van der Waals surface area contributed by atoms with Gasteiger partial charge in [-0.25, -0.2) is 4.79 Å². The van der Waals surface area contributed by atoms with Crippen LogP contribution in [0.5, 0.6) is 0 Å². The molecule has 0 aliphatic heterocycles. The molecule has 0 heterocycles. The molecule has 3 nitrogen and oxygen atoms in total. The lowest BCUT2D eigenvalue weighted by molar-refractivity contribution is -0.133. The van der Waals surface area contributed by atoms with Gasteiger partial charge in [0.2, 0.25) is 0 Å². The van der Waals surface area contributed by atoms with E-state index in [2.05, 4.69) is 6.92 Å². The van der Waals surface area contributed by atoms with Gasteiger partial charge in [-0.2, -0.15) is 0 Å². The van der Waals surface area contributed by atoms with Crippen LogP contribution >= 0.6 is 0 Å². The van der Waals surface area contributed by atoms with Crippen LogP contribution in [0.25, 0.3) is 0 Å². The molecule has 0 radical (unpaired) electrons. The lowest BCUT2D eigenvalue weighted by Crippen LogP contribution is -2.17. The highest BCUT2D eigenvalue weighted by Crippen LogP contribution is 2.12. The van der Waals surface area contributed by atoms with Crippen LogP contribution < -0.4 is 0 Å². The van der Waals surface area contributed by atoms with E-state index in [9.17, 15) is 9.90 Å². The molecule has 1 atom stereocenters. The molecule has 0 fully saturated rings. The lowest BCUT2D eigenvalue weighted by Gasteiger charge is -2.10. The summed E-state index contributed by atoms with van der Waals surface area (Å²) in [6, 6.07) is 0. The fourth-order valence-electron chi connectivity index (χ4n) is 1.38. The van der Waals surface area contributed by atoms with Crippen molar-refractivity contribution in [3.8, 4) is 0 Å². The van der Waals surface area contributed by atoms with Crippen molar-refractivity contribution in [2.24, 2.45) is 0 Å². The Hall–Kier alpha value is -0.830. The molecule has 0 aromatic rings. The van der Waals surface area contributed by atoms with E-state index < -0.39 is 12.1 Å². The maximum absolute atomic E-state index is 10.9. The summed E-state index contributed by atoms with van der Waals surface area (Å²) in [6.45, 7) is 4.08. The van der Waals surface area contributed by atoms with Crippen LogP contribution in [0.4, 0.5) is 0 Å². The molecule has 0 aliphatic rings. The Morgan fingerprint density at radius 2 is 1.87 bits per heavy atom. The first kappa shape index (κ1) is 14.2. The van der Waals surface area contributed by atoms with Crippen LogP contribution in [0.2, 0.25) is 0 Å². The summed E-state index contributed by atoms with van der Waals surface area (Å²) in [5, 5.41) is 18.6. The monoisotopic (exact) mass is 214 g/mol. The quantitative estimate of drug-likeness (QED) is 0.482. The maximum Gasteiger partial charge on any atom is 0.333 e. The minimum Gasteiger partial charge on any atom is -0.478 e. The Labute approximate surface area is 91.8 Å². The fraction of sp³-hybridized carbons (Fsp3) is 0.750. The van der Waals surface area contributed by atoms with Crippen LogP contribution in [0.1, 0.15) is 52.4 Å². The number of rotatable bonds is 8. The van der Waals surface area contributed by atoms with Crippen molar-refractivity contribution in [2.75, 3.05) is 0 Å². The second-order valence-electron chi connectivity index (χ2n) is 3.76.